The first kappa shape index (κ1) is 19.2. The van der Waals surface area contributed by atoms with Crippen molar-refractivity contribution in [2.24, 2.45) is 0 Å². The van der Waals surface area contributed by atoms with Crippen LogP contribution in [0.4, 0.5) is 4.39 Å². The van der Waals surface area contributed by atoms with E-state index in [0.717, 1.165) is 34.5 Å². The van der Waals surface area contributed by atoms with Crippen LogP contribution in [0.1, 0.15) is 31.0 Å². The second-order valence-corrected chi connectivity index (χ2v) is 9.98. The van der Waals surface area contributed by atoms with Crippen molar-refractivity contribution in [1.82, 2.24) is 4.98 Å². The topological polar surface area (TPSA) is 12.9 Å². The maximum Gasteiger partial charge on any atom is 0.123 e. The number of pyridine rings is 1. The zero-order valence-electron chi connectivity index (χ0n) is 14.7. The molecule has 0 aliphatic carbocycles. The smallest absolute Gasteiger partial charge is 0.123 e. The van der Waals surface area contributed by atoms with E-state index in [9.17, 15) is 4.39 Å². The summed E-state index contributed by atoms with van der Waals surface area (Å²) in [6, 6.07) is 19.0. The summed E-state index contributed by atoms with van der Waals surface area (Å²) < 4.78 is 13.6. The molecule has 4 heteroatoms. The van der Waals surface area contributed by atoms with Crippen molar-refractivity contribution in [3.63, 3.8) is 0 Å². The molecular formula is C22H20Br2FN. The van der Waals surface area contributed by atoms with Crippen molar-refractivity contribution in [2.45, 2.75) is 29.9 Å². The predicted molar refractivity (Wildman–Crippen MR) is 115 cm³/mol. The molecule has 1 nitrogen and oxygen atoms in total. The zero-order chi connectivity index (χ0) is 18.7. The fraction of sp³-hybridized carbons (Fsp3) is 0.227. The van der Waals surface area contributed by atoms with E-state index in [-0.39, 0.29) is 15.5 Å². The lowest BCUT2D eigenvalue weighted by molar-refractivity contribution is 0.628. The molecule has 134 valence electrons. The molecule has 1 heterocycles. The Hall–Kier alpha value is -1.52. The van der Waals surface area contributed by atoms with Crippen molar-refractivity contribution < 1.29 is 4.39 Å². The second kappa shape index (κ2) is 8.45. The Morgan fingerprint density at radius 2 is 1.58 bits per heavy atom. The van der Waals surface area contributed by atoms with Gasteiger partial charge in [0.2, 0.25) is 0 Å². The number of hydrogen-bond acceptors (Lipinski definition) is 1. The lowest BCUT2D eigenvalue weighted by Gasteiger charge is -2.20. The summed E-state index contributed by atoms with van der Waals surface area (Å²) in [5.74, 6) is 0.0576. The minimum atomic E-state index is -0.226. The number of hydrogen-bond donors (Lipinski definition) is 0. The van der Waals surface area contributed by atoms with Gasteiger partial charge in [-0.2, -0.15) is 0 Å². The van der Waals surface area contributed by atoms with Gasteiger partial charge in [0.15, 0.2) is 0 Å². The predicted octanol–water partition coefficient (Wildman–Crippen LogP) is 7.34. The Bertz CT molecular complexity index is 875. The highest BCUT2D eigenvalue weighted by molar-refractivity contribution is 9.24. The Morgan fingerprint density at radius 1 is 0.923 bits per heavy atom. The summed E-state index contributed by atoms with van der Waals surface area (Å²) in [7, 11) is 0. The molecule has 0 atom stereocenters. The Kier molecular flexibility index (Phi) is 6.25. The van der Waals surface area contributed by atoms with Gasteiger partial charge in [0.1, 0.15) is 5.82 Å². The van der Waals surface area contributed by atoms with E-state index in [1.54, 1.807) is 0 Å². The molecule has 3 rings (SSSR count). The summed E-state index contributed by atoms with van der Waals surface area (Å²) in [5, 5.41) is 0. The van der Waals surface area contributed by atoms with Crippen LogP contribution < -0.4 is 0 Å². The highest BCUT2D eigenvalue weighted by Crippen LogP contribution is 2.35. The fourth-order valence-corrected chi connectivity index (χ4v) is 3.73. The third-order valence-corrected chi connectivity index (χ3v) is 4.93. The minimum absolute atomic E-state index is 0.149. The second-order valence-electron chi connectivity index (χ2n) is 6.54. The maximum atomic E-state index is 13.4. The fourth-order valence-electron chi connectivity index (χ4n) is 3.08. The molecule has 0 saturated heterocycles. The lowest BCUT2D eigenvalue weighted by atomic mass is 9.91. The van der Waals surface area contributed by atoms with Crippen LogP contribution in [0, 0.1) is 5.82 Å². The van der Waals surface area contributed by atoms with Gasteiger partial charge >= 0.3 is 0 Å². The van der Waals surface area contributed by atoms with Crippen molar-refractivity contribution in [2.75, 3.05) is 0 Å². The molecule has 0 radical (unpaired) electrons. The van der Waals surface area contributed by atoms with Crippen LogP contribution in [0.2, 0.25) is 0 Å². The minimum Gasteiger partial charge on any atom is -0.252 e. The number of aromatic nitrogens is 1. The zero-order valence-corrected chi connectivity index (χ0v) is 17.9. The van der Waals surface area contributed by atoms with Crippen molar-refractivity contribution in [3.8, 4) is 22.4 Å². The Balaban J connectivity index is 2.26. The molecule has 1 aromatic heterocycles. The summed E-state index contributed by atoms with van der Waals surface area (Å²) in [4.78, 5) is 4.98. The van der Waals surface area contributed by atoms with E-state index in [4.69, 9.17) is 4.98 Å². The highest BCUT2D eigenvalue weighted by Gasteiger charge is 2.19. The molecule has 0 amide bonds. The molecule has 0 saturated carbocycles. The highest BCUT2D eigenvalue weighted by atomic mass is 79.9. The quantitative estimate of drug-likeness (QED) is 0.351. The molecule has 0 N–H and O–H groups in total. The van der Waals surface area contributed by atoms with Gasteiger partial charge in [-0.25, -0.2) is 4.39 Å². The van der Waals surface area contributed by atoms with Gasteiger partial charge in [0.25, 0.3) is 0 Å². The largest absolute Gasteiger partial charge is 0.252 e. The Labute approximate surface area is 170 Å². The molecular weight excluding hydrogens is 457 g/mol. The summed E-state index contributed by atoms with van der Waals surface area (Å²) in [6.07, 6.45) is 0.794. The van der Waals surface area contributed by atoms with Gasteiger partial charge in [0, 0.05) is 11.3 Å². The average molecular weight is 477 g/mol. The van der Waals surface area contributed by atoms with Gasteiger partial charge in [-0.3, -0.25) is 4.98 Å². The molecule has 26 heavy (non-hydrogen) atoms. The van der Waals surface area contributed by atoms with E-state index in [1.807, 2.05) is 30.3 Å². The first-order valence-corrected chi connectivity index (χ1v) is 10.4. The van der Waals surface area contributed by atoms with Crippen LogP contribution in [0.15, 0.2) is 60.7 Å². The molecule has 0 unspecified atom stereocenters. The lowest BCUT2D eigenvalue weighted by Crippen LogP contribution is -2.07. The molecule has 0 spiro atoms. The van der Waals surface area contributed by atoms with Crippen molar-refractivity contribution in [3.05, 3.63) is 77.7 Å². The van der Waals surface area contributed by atoms with Crippen LogP contribution >= 0.6 is 31.9 Å². The third kappa shape index (κ3) is 4.41. The van der Waals surface area contributed by atoms with Crippen LogP contribution in [0.5, 0.6) is 0 Å². The number of halogens is 3. The Morgan fingerprint density at radius 3 is 2.15 bits per heavy atom. The first-order valence-electron chi connectivity index (χ1n) is 8.59. The molecule has 0 fully saturated rings. The van der Waals surface area contributed by atoms with E-state index in [0.29, 0.717) is 0 Å². The van der Waals surface area contributed by atoms with Crippen LogP contribution in [-0.4, -0.2) is 8.72 Å². The molecule has 0 bridgehead atoms. The van der Waals surface area contributed by atoms with Crippen molar-refractivity contribution in [1.29, 1.82) is 0 Å². The van der Waals surface area contributed by atoms with E-state index in [1.165, 1.54) is 17.7 Å². The van der Waals surface area contributed by atoms with Crippen LogP contribution in [0.3, 0.4) is 0 Å². The third-order valence-electron chi connectivity index (χ3n) is 4.29. The van der Waals surface area contributed by atoms with E-state index < -0.39 is 0 Å². The molecule has 3 aromatic rings. The number of rotatable bonds is 5. The maximum absolute atomic E-state index is 13.4. The van der Waals surface area contributed by atoms with Crippen LogP contribution in [0.25, 0.3) is 22.4 Å². The number of benzene rings is 2. The summed E-state index contributed by atoms with van der Waals surface area (Å²) >= 11 is 7.21. The van der Waals surface area contributed by atoms with Gasteiger partial charge in [-0.15, -0.1) is 0 Å². The average Bonchev–Trinajstić information content (AvgIpc) is 2.62. The van der Waals surface area contributed by atoms with Gasteiger partial charge in [0.05, 0.1) is 9.43 Å². The van der Waals surface area contributed by atoms with Gasteiger partial charge in [-0.1, -0.05) is 88.2 Å². The standard InChI is InChI=1S/C22H20Br2FN/c1-14(2)22-19(13-21(23)24)18(15-8-10-17(25)11-9-15)12-20(26-22)16-6-4-3-5-7-16/h3-12,14,21H,13H2,1-2H3. The molecule has 0 aliphatic rings. The molecule has 2 aromatic carbocycles. The van der Waals surface area contributed by atoms with Gasteiger partial charge < -0.3 is 0 Å². The SMILES string of the molecule is CC(C)c1nc(-c2ccccc2)cc(-c2ccc(F)cc2)c1CC(Br)Br. The van der Waals surface area contributed by atoms with E-state index in [2.05, 4.69) is 63.9 Å². The summed E-state index contributed by atoms with van der Waals surface area (Å²) in [6.45, 7) is 4.32. The number of alkyl halides is 2. The molecule has 0 aliphatic heterocycles. The van der Waals surface area contributed by atoms with Crippen LogP contribution in [-0.2, 0) is 6.42 Å². The normalized spacial score (nSPS) is 11.3. The first-order chi connectivity index (χ1) is 12.5. The van der Waals surface area contributed by atoms with E-state index >= 15 is 0 Å². The van der Waals surface area contributed by atoms with Gasteiger partial charge in [-0.05, 0) is 47.2 Å². The monoisotopic (exact) mass is 475 g/mol. The van der Waals surface area contributed by atoms with Crippen molar-refractivity contribution >= 4 is 31.9 Å². The number of nitrogens with zero attached hydrogens (tertiary/aromatic N) is 1. The summed E-state index contributed by atoms with van der Waals surface area (Å²) in [5.41, 5.74) is 6.39.